The molecule has 0 amide bonds. The van der Waals surface area contributed by atoms with E-state index in [-0.39, 0.29) is 11.4 Å². The number of fused-ring (bicyclic) bond motifs is 3. The Morgan fingerprint density at radius 2 is 2.12 bits per heavy atom. The molecule has 1 aromatic carbocycles. The van der Waals surface area contributed by atoms with Crippen LogP contribution in [0.5, 0.6) is 0 Å². The summed E-state index contributed by atoms with van der Waals surface area (Å²) in [5.74, 6) is -0.102. The summed E-state index contributed by atoms with van der Waals surface area (Å²) >= 11 is 0. The lowest BCUT2D eigenvalue weighted by Crippen LogP contribution is -2.59. The smallest absolute Gasteiger partial charge is 0.331 e. The number of aromatic nitrogens is 1. The molecule has 0 N–H and O–H groups in total. The van der Waals surface area contributed by atoms with E-state index in [0.717, 1.165) is 25.8 Å². The van der Waals surface area contributed by atoms with E-state index >= 15 is 0 Å². The number of carbonyl (C=O) groups is 1. The lowest BCUT2D eigenvalue weighted by Gasteiger charge is -2.58. The molecule has 1 aromatic heterocycles. The van der Waals surface area contributed by atoms with Crippen LogP contribution >= 0.6 is 0 Å². The number of hydrogen-bond acceptors (Lipinski definition) is 3. The maximum absolute atomic E-state index is 13.1. The summed E-state index contributed by atoms with van der Waals surface area (Å²) < 4.78 is 7.71. The molecule has 1 saturated heterocycles. The number of para-hydroxylation sites is 1. The van der Waals surface area contributed by atoms with Crippen LogP contribution in [0.1, 0.15) is 56.8 Å². The molecule has 4 heterocycles. The first-order valence-corrected chi connectivity index (χ1v) is 10.0. The summed E-state index contributed by atoms with van der Waals surface area (Å²) in [5.41, 5.74) is 3.60. The second-order valence-electron chi connectivity index (χ2n) is 8.67. The van der Waals surface area contributed by atoms with Crippen molar-refractivity contribution in [1.82, 2.24) is 9.47 Å². The van der Waals surface area contributed by atoms with Crippen LogP contribution in [0.3, 0.4) is 0 Å². The van der Waals surface area contributed by atoms with Crippen molar-refractivity contribution in [3.8, 4) is 0 Å². The molecule has 0 spiro atoms. The van der Waals surface area contributed by atoms with E-state index in [1.165, 1.54) is 48.7 Å². The van der Waals surface area contributed by atoms with E-state index in [2.05, 4.69) is 47.6 Å². The maximum Gasteiger partial charge on any atom is 0.331 e. The fraction of sp³-hybridized carbons (Fsp3) is 0.591. The van der Waals surface area contributed by atoms with Gasteiger partial charge in [-0.2, -0.15) is 0 Å². The van der Waals surface area contributed by atoms with E-state index in [0.29, 0.717) is 6.04 Å². The van der Waals surface area contributed by atoms with Crippen molar-refractivity contribution in [1.29, 1.82) is 0 Å². The molecule has 26 heavy (non-hydrogen) atoms. The van der Waals surface area contributed by atoms with Gasteiger partial charge in [0.15, 0.2) is 0 Å². The van der Waals surface area contributed by atoms with Gasteiger partial charge in [0.25, 0.3) is 0 Å². The molecule has 4 heteroatoms. The summed E-state index contributed by atoms with van der Waals surface area (Å²) in [6.07, 6.45) is 5.50. The molecule has 5 rings (SSSR count). The van der Waals surface area contributed by atoms with Gasteiger partial charge in [0.2, 0.25) is 0 Å². The Morgan fingerprint density at radius 1 is 1.31 bits per heavy atom. The van der Waals surface area contributed by atoms with Gasteiger partial charge >= 0.3 is 5.97 Å². The number of methoxy groups -OCH3 is 1. The normalized spacial score (nSPS) is 33.1. The van der Waals surface area contributed by atoms with Crippen molar-refractivity contribution in [2.75, 3.05) is 20.2 Å². The molecule has 0 radical (unpaired) electrons. The van der Waals surface area contributed by atoms with Crippen LogP contribution in [0.15, 0.2) is 24.3 Å². The average molecular weight is 352 g/mol. The third-order valence-electron chi connectivity index (χ3n) is 7.51. The standard InChI is InChI=1S/C22H28N2O2/c1-4-22-11-7-12-23-13-10-16-15-8-5-6-9-17(15)24(18(16)19(22)23)21(2,14-22)20(25)26-3/h5-6,8-9,19H,4,7,10-14H2,1-3H3/t19-,21+,22+/m1/s1. The van der Waals surface area contributed by atoms with Gasteiger partial charge in [-0.15, -0.1) is 0 Å². The molecule has 0 unspecified atom stereocenters. The third-order valence-corrected chi connectivity index (χ3v) is 7.51. The van der Waals surface area contributed by atoms with Gasteiger partial charge in [-0.1, -0.05) is 25.1 Å². The Bertz CT molecular complexity index is 901. The topological polar surface area (TPSA) is 34.5 Å². The highest BCUT2D eigenvalue weighted by molar-refractivity contribution is 5.90. The summed E-state index contributed by atoms with van der Waals surface area (Å²) in [5, 5.41) is 1.33. The molecule has 3 aliphatic rings. The van der Waals surface area contributed by atoms with Crippen molar-refractivity contribution < 1.29 is 9.53 Å². The Labute approximate surface area is 155 Å². The first-order valence-electron chi connectivity index (χ1n) is 10.0. The molecule has 3 aliphatic heterocycles. The van der Waals surface area contributed by atoms with Gasteiger partial charge in [0, 0.05) is 23.1 Å². The van der Waals surface area contributed by atoms with Crippen molar-refractivity contribution in [2.24, 2.45) is 5.41 Å². The largest absolute Gasteiger partial charge is 0.467 e. The molecule has 3 atom stereocenters. The predicted molar refractivity (Wildman–Crippen MR) is 102 cm³/mol. The van der Waals surface area contributed by atoms with Gasteiger partial charge in [0.05, 0.1) is 13.2 Å². The summed E-state index contributed by atoms with van der Waals surface area (Å²) in [6.45, 7) is 6.74. The molecule has 0 saturated carbocycles. The van der Waals surface area contributed by atoms with Gasteiger partial charge in [0.1, 0.15) is 5.54 Å². The zero-order valence-electron chi connectivity index (χ0n) is 16.0. The van der Waals surface area contributed by atoms with E-state index in [9.17, 15) is 4.79 Å². The van der Waals surface area contributed by atoms with Crippen molar-refractivity contribution in [3.05, 3.63) is 35.5 Å². The molecule has 0 aliphatic carbocycles. The number of benzene rings is 1. The fourth-order valence-corrected chi connectivity index (χ4v) is 6.48. The minimum Gasteiger partial charge on any atom is -0.467 e. The molecule has 4 nitrogen and oxygen atoms in total. The fourth-order valence-electron chi connectivity index (χ4n) is 6.48. The van der Waals surface area contributed by atoms with Crippen LogP contribution in [-0.4, -0.2) is 35.6 Å². The van der Waals surface area contributed by atoms with Gasteiger partial charge in [-0.25, -0.2) is 4.79 Å². The Hall–Kier alpha value is -1.81. The van der Waals surface area contributed by atoms with Crippen molar-refractivity contribution in [3.63, 3.8) is 0 Å². The van der Waals surface area contributed by atoms with Gasteiger partial charge in [-0.3, -0.25) is 4.90 Å². The Morgan fingerprint density at radius 3 is 2.88 bits per heavy atom. The molecular formula is C22H28N2O2. The van der Waals surface area contributed by atoms with E-state index < -0.39 is 5.54 Å². The third kappa shape index (κ3) is 1.81. The van der Waals surface area contributed by atoms with E-state index in [1.807, 2.05) is 0 Å². The predicted octanol–water partition coefficient (Wildman–Crippen LogP) is 4.02. The van der Waals surface area contributed by atoms with Crippen LogP contribution in [0.2, 0.25) is 0 Å². The summed E-state index contributed by atoms with van der Waals surface area (Å²) in [4.78, 5) is 15.8. The molecular weight excluding hydrogens is 324 g/mol. The SMILES string of the molecule is CC[C@]12CCCN3CCc4c(n(c5ccccc45)[C@](C)(C(=O)OC)C1)[C@@H]32. The zero-order valence-corrected chi connectivity index (χ0v) is 16.0. The number of nitrogens with zero attached hydrogens (tertiary/aromatic N) is 2. The monoisotopic (exact) mass is 352 g/mol. The highest BCUT2D eigenvalue weighted by atomic mass is 16.5. The maximum atomic E-state index is 13.1. The number of carbonyl (C=O) groups excluding carboxylic acids is 1. The lowest BCUT2D eigenvalue weighted by atomic mass is 9.60. The van der Waals surface area contributed by atoms with Crippen LogP contribution in [0.25, 0.3) is 10.9 Å². The first-order chi connectivity index (χ1) is 12.6. The zero-order chi connectivity index (χ0) is 18.1. The van der Waals surface area contributed by atoms with Gasteiger partial charge in [-0.05, 0) is 62.6 Å². The van der Waals surface area contributed by atoms with Crippen LogP contribution in [0.4, 0.5) is 0 Å². The van der Waals surface area contributed by atoms with Crippen LogP contribution in [0, 0.1) is 5.41 Å². The molecule has 0 bridgehead atoms. The average Bonchev–Trinajstić information content (AvgIpc) is 3.02. The molecule has 2 aromatic rings. The van der Waals surface area contributed by atoms with Crippen molar-refractivity contribution >= 4 is 16.9 Å². The number of piperidine rings is 1. The van der Waals surface area contributed by atoms with Crippen LogP contribution < -0.4 is 0 Å². The highest BCUT2D eigenvalue weighted by Gasteiger charge is 2.58. The second kappa shape index (κ2) is 5.35. The first kappa shape index (κ1) is 16.4. The summed E-state index contributed by atoms with van der Waals surface area (Å²) in [6, 6.07) is 9.08. The minimum atomic E-state index is -0.630. The van der Waals surface area contributed by atoms with E-state index in [1.54, 1.807) is 0 Å². The van der Waals surface area contributed by atoms with Crippen molar-refractivity contribution in [2.45, 2.75) is 57.5 Å². The Kier molecular flexibility index (Phi) is 3.37. The number of ether oxygens (including phenoxy) is 1. The lowest BCUT2D eigenvalue weighted by molar-refractivity contribution is -0.157. The van der Waals surface area contributed by atoms with E-state index in [4.69, 9.17) is 4.74 Å². The van der Waals surface area contributed by atoms with Crippen LogP contribution in [-0.2, 0) is 21.5 Å². The number of esters is 1. The summed E-state index contributed by atoms with van der Waals surface area (Å²) in [7, 11) is 1.53. The second-order valence-corrected chi connectivity index (χ2v) is 8.67. The minimum absolute atomic E-state index is 0.102. The van der Waals surface area contributed by atoms with Gasteiger partial charge < -0.3 is 9.30 Å². The number of hydrogen-bond donors (Lipinski definition) is 0. The molecule has 138 valence electrons. The molecule has 1 fully saturated rings. The highest BCUT2D eigenvalue weighted by Crippen LogP contribution is 2.61. The number of rotatable bonds is 2. The Balaban J connectivity index is 1.89. The quantitative estimate of drug-likeness (QED) is 0.766.